The lowest BCUT2D eigenvalue weighted by Crippen LogP contribution is -2.26. The third kappa shape index (κ3) is 3.12. The average Bonchev–Trinajstić information content (AvgIpc) is 3.16. The SMILES string of the molecule is NC(=S)c1ccc(N(Cc2ccsc2)C2CC2)c(F)c1Br. The van der Waals surface area contributed by atoms with Crippen LogP contribution in [-0.2, 0) is 6.54 Å². The van der Waals surface area contributed by atoms with Crippen molar-refractivity contribution in [2.24, 2.45) is 5.73 Å². The van der Waals surface area contributed by atoms with Gasteiger partial charge in [-0.3, -0.25) is 0 Å². The van der Waals surface area contributed by atoms with Crippen LogP contribution in [0.25, 0.3) is 0 Å². The second-order valence-corrected chi connectivity index (χ2v) is 7.13. The molecule has 2 nitrogen and oxygen atoms in total. The van der Waals surface area contributed by atoms with Crippen molar-refractivity contribution in [1.29, 1.82) is 0 Å². The second kappa shape index (κ2) is 6.02. The molecule has 1 heterocycles. The summed E-state index contributed by atoms with van der Waals surface area (Å²) in [5.41, 5.74) is 7.97. The normalized spacial score (nSPS) is 14.2. The average molecular weight is 385 g/mol. The van der Waals surface area contributed by atoms with Crippen molar-refractivity contribution in [2.75, 3.05) is 4.90 Å². The van der Waals surface area contributed by atoms with Crippen molar-refractivity contribution < 1.29 is 4.39 Å². The Morgan fingerprint density at radius 1 is 1.43 bits per heavy atom. The van der Waals surface area contributed by atoms with Gasteiger partial charge in [0.1, 0.15) is 4.99 Å². The number of hydrogen-bond acceptors (Lipinski definition) is 3. The van der Waals surface area contributed by atoms with Crippen molar-refractivity contribution in [3.05, 3.63) is 50.4 Å². The first-order chi connectivity index (χ1) is 10.1. The number of thiophene rings is 1. The Balaban J connectivity index is 1.96. The van der Waals surface area contributed by atoms with Crippen molar-refractivity contribution in [1.82, 2.24) is 0 Å². The summed E-state index contributed by atoms with van der Waals surface area (Å²) in [5.74, 6) is -0.289. The molecule has 0 unspecified atom stereocenters. The highest BCUT2D eigenvalue weighted by molar-refractivity contribution is 9.10. The number of nitrogens with two attached hydrogens (primary N) is 1. The van der Waals surface area contributed by atoms with Gasteiger partial charge in [-0.1, -0.05) is 12.2 Å². The van der Waals surface area contributed by atoms with Crippen LogP contribution in [0.3, 0.4) is 0 Å². The van der Waals surface area contributed by atoms with Gasteiger partial charge in [-0.05, 0) is 63.3 Å². The summed E-state index contributed by atoms with van der Waals surface area (Å²) in [4.78, 5) is 2.33. The number of benzene rings is 1. The van der Waals surface area contributed by atoms with Crippen LogP contribution in [0.15, 0.2) is 33.4 Å². The van der Waals surface area contributed by atoms with Gasteiger partial charge in [0.05, 0.1) is 10.2 Å². The van der Waals surface area contributed by atoms with E-state index in [1.165, 1.54) is 5.56 Å². The van der Waals surface area contributed by atoms with E-state index in [-0.39, 0.29) is 10.8 Å². The predicted octanol–water partition coefficient (Wildman–Crippen LogP) is 4.45. The molecule has 1 saturated carbocycles. The number of rotatable bonds is 5. The van der Waals surface area contributed by atoms with E-state index in [4.69, 9.17) is 18.0 Å². The Morgan fingerprint density at radius 2 is 2.19 bits per heavy atom. The maximum absolute atomic E-state index is 14.7. The number of nitrogens with zero attached hydrogens (tertiary/aromatic N) is 1. The van der Waals surface area contributed by atoms with Gasteiger partial charge in [-0.2, -0.15) is 11.3 Å². The minimum atomic E-state index is -0.289. The maximum Gasteiger partial charge on any atom is 0.161 e. The van der Waals surface area contributed by atoms with E-state index in [0.29, 0.717) is 21.8 Å². The minimum absolute atomic E-state index is 0.197. The van der Waals surface area contributed by atoms with Crippen LogP contribution in [0.1, 0.15) is 24.0 Å². The van der Waals surface area contributed by atoms with Gasteiger partial charge in [-0.15, -0.1) is 0 Å². The Kier molecular flexibility index (Phi) is 4.28. The van der Waals surface area contributed by atoms with Crippen LogP contribution in [0.5, 0.6) is 0 Å². The summed E-state index contributed by atoms with van der Waals surface area (Å²) in [5, 5.41) is 4.15. The number of thiocarbonyl (C=S) groups is 1. The van der Waals surface area contributed by atoms with Crippen LogP contribution < -0.4 is 10.6 Å². The number of anilines is 1. The molecule has 110 valence electrons. The van der Waals surface area contributed by atoms with Crippen molar-refractivity contribution in [3.63, 3.8) is 0 Å². The molecule has 2 aromatic rings. The lowest BCUT2D eigenvalue weighted by Gasteiger charge is -2.25. The molecule has 0 bridgehead atoms. The molecule has 1 aliphatic rings. The van der Waals surface area contributed by atoms with Crippen LogP contribution in [0, 0.1) is 5.82 Å². The summed E-state index contributed by atoms with van der Waals surface area (Å²) in [6, 6.07) is 6.06. The first-order valence-electron chi connectivity index (χ1n) is 6.63. The molecule has 21 heavy (non-hydrogen) atoms. The minimum Gasteiger partial charge on any atom is -0.389 e. The fraction of sp³-hybridized carbons (Fsp3) is 0.267. The largest absolute Gasteiger partial charge is 0.389 e. The molecule has 1 aromatic carbocycles. The zero-order valence-electron chi connectivity index (χ0n) is 11.2. The molecule has 0 aliphatic heterocycles. The maximum atomic E-state index is 14.7. The summed E-state index contributed by atoms with van der Waals surface area (Å²) in [6.45, 7) is 0.726. The Labute approximate surface area is 140 Å². The molecule has 1 aliphatic carbocycles. The predicted molar refractivity (Wildman–Crippen MR) is 93.5 cm³/mol. The third-order valence-corrected chi connectivity index (χ3v) is 5.28. The summed E-state index contributed by atoms with van der Waals surface area (Å²) in [7, 11) is 0. The molecule has 1 fully saturated rings. The van der Waals surface area contributed by atoms with Gasteiger partial charge in [0.15, 0.2) is 5.82 Å². The van der Waals surface area contributed by atoms with E-state index >= 15 is 0 Å². The van der Waals surface area contributed by atoms with Crippen LogP contribution >= 0.6 is 39.5 Å². The van der Waals surface area contributed by atoms with Crippen LogP contribution in [-0.4, -0.2) is 11.0 Å². The van der Waals surface area contributed by atoms with E-state index in [9.17, 15) is 4.39 Å². The van der Waals surface area contributed by atoms with E-state index in [2.05, 4.69) is 32.3 Å². The monoisotopic (exact) mass is 384 g/mol. The topological polar surface area (TPSA) is 29.3 Å². The molecule has 0 atom stereocenters. The van der Waals surface area contributed by atoms with Crippen molar-refractivity contribution >= 4 is 50.2 Å². The van der Waals surface area contributed by atoms with Crippen LogP contribution in [0.4, 0.5) is 10.1 Å². The molecule has 0 radical (unpaired) electrons. The van der Waals surface area contributed by atoms with E-state index in [1.807, 2.05) is 5.38 Å². The summed E-state index contributed by atoms with van der Waals surface area (Å²) >= 11 is 9.88. The Bertz CT molecular complexity index is 669. The fourth-order valence-corrected chi connectivity index (χ4v) is 3.84. The highest BCUT2D eigenvalue weighted by Crippen LogP contribution is 2.37. The molecule has 0 spiro atoms. The standard InChI is InChI=1S/C15H14BrFN2S2/c16-13-11(15(18)20)3-4-12(14(13)17)19(10-1-2-10)7-9-5-6-21-8-9/h3-6,8,10H,1-2,7H2,(H2,18,20). The zero-order chi connectivity index (χ0) is 15.0. The highest BCUT2D eigenvalue weighted by atomic mass is 79.9. The lowest BCUT2D eigenvalue weighted by atomic mass is 10.1. The lowest BCUT2D eigenvalue weighted by molar-refractivity contribution is 0.608. The molecule has 6 heteroatoms. The van der Waals surface area contributed by atoms with Crippen molar-refractivity contribution in [3.8, 4) is 0 Å². The van der Waals surface area contributed by atoms with Gasteiger partial charge < -0.3 is 10.6 Å². The highest BCUT2D eigenvalue weighted by Gasteiger charge is 2.31. The van der Waals surface area contributed by atoms with Gasteiger partial charge in [0.25, 0.3) is 0 Å². The third-order valence-electron chi connectivity index (χ3n) is 3.56. The fourth-order valence-electron chi connectivity index (χ4n) is 2.33. The van der Waals surface area contributed by atoms with Gasteiger partial charge in [-0.25, -0.2) is 4.39 Å². The number of halogens is 2. The first-order valence-corrected chi connectivity index (χ1v) is 8.78. The molecular weight excluding hydrogens is 371 g/mol. The van der Waals surface area contributed by atoms with Gasteiger partial charge in [0.2, 0.25) is 0 Å². The summed E-state index contributed by atoms with van der Waals surface area (Å²) in [6.07, 6.45) is 2.22. The number of hydrogen-bond donors (Lipinski definition) is 1. The molecule has 2 N–H and O–H groups in total. The molecule has 0 saturated heterocycles. The molecule has 1 aromatic heterocycles. The summed E-state index contributed by atoms with van der Waals surface area (Å²) < 4.78 is 15.0. The quantitative estimate of drug-likeness (QED) is 0.771. The van der Waals surface area contributed by atoms with Crippen LogP contribution in [0.2, 0.25) is 0 Å². The van der Waals surface area contributed by atoms with Gasteiger partial charge >= 0.3 is 0 Å². The van der Waals surface area contributed by atoms with Gasteiger partial charge in [0, 0.05) is 18.2 Å². The van der Waals surface area contributed by atoms with E-state index < -0.39 is 0 Å². The van der Waals surface area contributed by atoms with E-state index in [1.54, 1.807) is 23.5 Å². The molecule has 0 amide bonds. The first kappa shape index (κ1) is 14.9. The Hall–Kier alpha value is -0.980. The smallest absolute Gasteiger partial charge is 0.161 e. The zero-order valence-corrected chi connectivity index (χ0v) is 14.4. The molecule has 3 rings (SSSR count). The van der Waals surface area contributed by atoms with Crippen molar-refractivity contribution in [2.45, 2.75) is 25.4 Å². The second-order valence-electron chi connectivity index (χ2n) is 5.12. The Morgan fingerprint density at radius 3 is 2.76 bits per heavy atom. The van der Waals surface area contributed by atoms with E-state index in [0.717, 1.165) is 19.4 Å². The molecular formula is C15H14BrFN2S2.